The van der Waals surface area contributed by atoms with E-state index in [2.05, 4.69) is 15.0 Å². The van der Waals surface area contributed by atoms with E-state index < -0.39 is 10.0 Å². The molecule has 4 aromatic rings. The Hall–Kier alpha value is -3.65. The van der Waals surface area contributed by atoms with Crippen molar-refractivity contribution < 1.29 is 17.9 Å². The van der Waals surface area contributed by atoms with Crippen LogP contribution in [0.4, 0.5) is 0 Å². The number of likely N-dealkylation sites (N-methyl/N-ethyl adjacent to an activating group) is 1. The summed E-state index contributed by atoms with van der Waals surface area (Å²) in [6, 6.07) is 10.2. The zero-order chi connectivity index (χ0) is 28.4. The average molecular weight is 568 g/mol. The highest BCUT2D eigenvalue weighted by molar-refractivity contribution is 7.89. The number of piperazine rings is 1. The largest absolute Gasteiger partial charge is 0.490 e. The average Bonchev–Trinajstić information content (AvgIpc) is 3.34. The van der Waals surface area contributed by atoms with Gasteiger partial charge >= 0.3 is 0 Å². The maximum absolute atomic E-state index is 13.6. The summed E-state index contributed by atoms with van der Waals surface area (Å²) in [6.07, 6.45) is 2.20. The number of benzene rings is 1. The van der Waals surface area contributed by atoms with Crippen LogP contribution in [0.1, 0.15) is 12.6 Å². The summed E-state index contributed by atoms with van der Waals surface area (Å²) >= 11 is 0. The molecule has 1 aromatic carbocycles. The molecular formula is C27H33N7O5S. The van der Waals surface area contributed by atoms with Crippen molar-refractivity contribution in [3.63, 3.8) is 0 Å². The summed E-state index contributed by atoms with van der Waals surface area (Å²) in [5, 5.41) is 4.56. The van der Waals surface area contributed by atoms with E-state index >= 15 is 0 Å². The number of ether oxygens (including phenoxy) is 2. The van der Waals surface area contributed by atoms with Crippen LogP contribution in [0.25, 0.3) is 28.2 Å². The monoisotopic (exact) mass is 567 g/mol. The van der Waals surface area contributed by atoms with Crippen LogP contribution in [0.2, 0.25) is 0 Å². The molecule has 40 heavy (non-hydrogen) atoms. The summed E-state index contributed by atoms with van der Waals surface area (Å²) in [5.74, 6) is 1.24. The fourth-order valence-corrected chi connectivity index (χ4v) is 6.20. The molecule has 1 aliphatic rings. The molecule has 0 aliphatic carbocycles. The molecule has 0 N–H and O–H groups in total. The standard InChI is InChI=1S/C27H33N7O5S/c1-5-21-24-25(30-34(21)23-8-6-7-11-28-23)27(35)32(3)26(29-24)20-18-19(9-10-22(20)39-17-16-38-4)40(36,37)33-14-12-31(2)13-15-33/h6-11,18H,5,12-17H2,1-4H3. The number of fused-ring (bicyclic) bond motifs is 1. The Bertz CT molecular complexity index is 1680. The van der Waals surface area contributed by atoms with Crippen LogP contribution in [-0.4, -0.2) is 95.5 Å². The third-order valence-electron chi connectivity index (χ3n) is 7.03. The molecule has 1 saturated heterocycles. The van der Waals surface area contributed by atoms with Gasteiger partial charge in [-0.2, -0.15) is 9.40 Å². The molecule has 0 spiro atoms. The highest BCUT2D eigenvalue weighted by Gasteiger charge is 2.29. The molecule has 1 aliphatic heterocycles. The Kier molecular flexibility index (Phi) is 7.99. The first-order valence-corrected chi connectivity index (χ1v) is 14.5. The number of sulfonamides is 1. The maximum atomic E-state index is 13.6. The minimum absolute atomic E-state index is 0.111. The zero-order valence-corrected chi connectivity index (χ0v) is 23.9. The molecule has 1 fully saturated rings. The molecule has 3 aromatic heterocycles. The van der Waals surface area contributed by atoms with Crippen molar-refractivity contribution in [2.45, 2.75) is 18.2 Å². The van der Waals surface area contributed by atoms with Crippen molar-refractivity contribution in [2.24, 2.45) is 7.05 Å². The molecular weight excluding hydrogens is 534 g/mol. The van der Waals surface area contributed by atoms with Crippen LogP contribution in [-0.2, 0) is 28.2 Å². The first-order valence-electron chi connectivity index (χ1n) is 13.1. The Morgan fingerprint density at radius 3 is 2.45 bits per heavy atom. The lowest BCUT2D eigenvalue weighted by molar-refractivity contribution is 0.146. The molecule has 5 rings (SSSR count). The fraction of sp³-hybridized carbons (Fsp3) is 0.407. The number of nitrogens with zero attached hydrogens (tertiary/aromatic N) is 7. The summed E-state index contributed by atoms with van der Waals surface area (Å²) in [6.45, 7) is 4.63. The van der Waals surface area contributed by atoms with Crippen LogP contribution in [0.5, 0.6) is 5.75 Å². The number of aryl methyl sites for hydroxylation is 1. The summed E-state index contributed by atoms with van der Waals surface area (Å²) in [5.41, 5.74) is 1.38. The normalized spacial score (nSPS) is 15.1. The number of hydrogen-bond acceptors (Lipinski definition) is 9. The fourth-order valence-electron chi connectivity index (χ4n) is 4.75. The van der Waals surface area contributed by atoms with Gasteiger partial charge in [0.25, 0.3) is 5.56 Å². The molecule has 13 heteroatoms. The Morgan fingerprint density at radius 1 is 1.00 bits per heavy atom. The van der Waals surface area contributed by atoms with E-state index in [9.17, 15) is 13.2 Å². The lowest BCUT2D eigenvalue weighted by Gasteiger charge is -2.31. The van der Waals surface area contributed by atoms with Gasteiger partial charge in [-0.3, -0.25) is 9.36 Å². The number of aromatic nitrogens is 5. The van der Waals surface area contributed by atoms with Crippen LogP contribution in [0, 0.1) is 0 Å². The predicted octanol–water partition coefficient (Wildman–Crippen LogP) is 1.70. The Balaban J connectivity index is 1.69. The molecule has 0 saturated carbocycles. The molecule has 0 bridgehead atoms. The van der Waals surface area contributed by atoms with Crippen molar-refractivity contribution in [3.05, 3.63) is 58.6 Å². The quantitative estimate of drug-likeness (QED) is 0.278. The molecule has 0 unspecified atom stereocenters. The number of rotatable bonds is 9. The summed E-state index contributed by atoms with van der Waals surface area (Å²) < 4.78 is 42.8. The number of methoxy groups -OCH3 is 1. The SMILES string of the molecule is CCc1c2nc(-c3cc(S(=O)(=O)N4CCN(C)CC4)ccc3OCCOC)n(C)c(=O)c2nn1-c1ccccn1. The third-order valence-corrected chi connectivity index (χ3v) is 8.93. The van der Waals surface area contributed by atoms with E-state index in [4.69, 9.17) is 14.5 Å². The van der Waals surface area contributed by atoms with Crippen LogP contribution in [0.3, 0.4) is 0 Å². The van der Waals surface area contributed by atoms with E-state index in [1.807, 2.05) is 32.2 Å². The van der Waals surface area contributed by atoms with Gasteiger partial charge in [-0.25, -0.2) is 23.1 Å². The zero-order valence-electron chi connectivity index (χ0n) is 23.1. The lowest BCUT2D eigenvalue weighted by Crippen LogP contribution is -2.47. The smallest absolute Gasteiger partial charge is 0.281 e. The lowest BCUT2D eigenvalue weighted by atomic mass is 10.1. The molecule has 212 valence electrons. The minimum Gasteiger partial charge on any atom is -0.490 e. The van der Waals surface area contributed by atoms with Crippen LogP contribution >= 0.6 is 0 Å². The van der Waals surface area contributed by atoms with E-state index in [-0.39, 0.29) is 28.4 Å². The minimum atomic E-state index is -3.78. The molecule has 12 nitrogen and oxygen atoms in total. The molecule has 0 amide bonds. The Morgan fingerprint density at radius 2 is 1.77 bits per heavy atom. The summed E-state index contributed by atoms with van der Waals surface area (Å²) in [7, 11) is 1.35. The highest BCUT2D eigenvalue weighted by Crippen LogP contribution is 2.33. The van der Waals surface area contributed by atoms with Gasteiger partial charge in [-0.1, -0.05) is 13.0 Å². The van der Waals surface area contributed by atoms with Crippen molar-refractivity contribution in [1.82, 2.24) is 33.5 Å². The van der Waals surface area contributed by atoms with E-state index in [1.165, 1.54) is 21.0 Å². The number of hydrogen-bond donors (Lipinski definition) is 0. The third kappa shape index (κ3) is 5.12. The number of pyridine rings is 1. The van der Waals surface area contributed by atoms with E-state index in [1.54, 1.807) is 31.1 Å². The van der Waals surface area contributed by atoms with Gasteiger partial charge in [-0.15, -0.1) is 0 Å². The van der Waals surface area contributed by atoms with Crippen molar-refractivity contribution >= 4 is 21.1 Å². The van der Waals surface area contributed by atoms with Gasteiger partial charge < -0.3 is 14.4 Å². The van der Waals surface area contributed by atoms with Crippen molar-refractivity contribution in [1.29, 1.82) is 0 Å². The van der Waals surface area contributed by atoms with Gasteiger partial charge in [-0.05, 0) is 43.8 Å². The van der Waals surface area contributed by atoms with Crippen molar-refractivity contribution in [2.75, 3.05) is 53.6 Å². The first-order chi connectivity index (χ1) is 19.3. The van der Waals surface area contributed by atoms with Crippen molar-refractivity contribution in [3.8, 4) is 23.0 Å². The first kappa shape index (κ1) is 27.9. The topological polar surface area (TPSA) is 125 Å². The van der Waals surface area contributed by atoms with Gasteiger partial charge in [0.1, 0.15) is 23.7 Å². The maximum Gasteiger partial charge on any atom is 0.281 e. The van der Waals surface area contributed by atoms with E-state index in [0.717, 1.165) is 5.69 Å². The highest BCUT2D eigenvalue weighted by atomic mass is 32.2. The summed E-state index contributed by atoms with van der Waals surface area (Å²) in [4.78, 5) is 25.1. The molecule has 0 atom stereocenters. The van der Waals surface area contributed by atoms with Crippen LogP contribution < -0.4 is 10.3 Å². The second-order valence-electron chi connectivity index (χ2n) is 9.60. The second kappa shape index (κ2) is 11.5. The van der Waals surface area contributed by atoms with Gasteiger partial charge in [0.2, 0.25) is 10.0 Å². The molecule has 0 radical (unpaired) electrons. The van der Waals surface area contributed by atoms with Gasteiger partial charge in [0.05, 0.1) is 22.8 Å². The second-order valence-corrected chi connectivity index (χ2v) is 11.5. The molecule has 4 heterocycles. The van der Waals surface area contributed by atoms with Gasteiger partial charge in [0, 0.05) is 46.5 Å². The van der Waals surface area contributed by atoms with E-state index in [0.29, 0.717) is 61.9 Å². The predicted molar refractivity (Wildman–Crippen MR) is 150 cm³/mol. The Labute approximate surface area is 232 Å². The van der Waals surface area contributed by atoms with Gasteiger partial charge in [0.15, 0.2) is 11.3 Å². The van der Waals surface area contributed by atoms with Crippen LogP contribution in [0.15, 0.2) is 52.3 Å².